The number of rotatable bonds is 1. The van der Waals surface area contributed by atoms with E-state index in [0.717, 1.165) is 5.57 Å². The third kappa shape index (κ3) is 2.24. The highest BCUT2D eigenvalue weighted by molar-refractivity contribution is 6.25. The molecule has 0 radical (unpaired) electrons. The molecule has 0 amide bonds. The van der Waals surface area contributed by atoms with Crippen LogP contribution in [0.25, 0.3) is 0 Å². The summed E-state index contributed by atoms with van der Waals surface area (Å²) in [6.07, 6.45) is 0. The van der Waals surface area contributed by atoms with Crippen molar-refractivity contribution in [1.82, 2.24) is 0 Å². The quantitative estimate of drug-likeness (QED) is 0.531. The summed E-state index contributed by atoms with van der Waals surface area (Å²) < 4.78 is 0. The monoisotopic (exact) mass is 106 g/mol. The molecule has 0 fully saturated rings. The molecule has 0 aromatic heterocycles. The van der Waals surface area contributed by atoms with E-state index in [1.165, 1.54) is 5.54 Å². The van der Waals surface area contributed by atoms with Gasteiger partial charge in [-0.25, -0.2) is 0 Å². The summed E-state index contributed by atoms with van der Waals surface area (Å²) in [6.45, 7) is 1.82. The van der Waals surface area contributed by atoms with Gasteiger partial charge in [-0.1, -0.05) is 11.6 Å². The molecule has 0 rings (SSSR count). The predicted molar refractivity (Wildman–Crippen MR) is 26.7 cm³/mol. The van der Waals surface area contributed by atoms with Crippen LogP contribution in [-0.4, -0.2) is 11.7 Å². The number of aliphatic hydroxyl groups is 1. The van der Waals surface area contributed by atoms with Gasteiger partial charge in [-0.15, -0.1) is 0 Å². The van der Waals surface area contributed by atoms with Crippen LogP contribution in [0.15, 0.2) is 11.1 Å². The van der Waals surface area contributed by atoms with E-state index >= 15 is 0 Å². The Balaban J connectivity index is 3.22. The van der Waals surface area contributed by atoms with Gasteiger partial charge in [0.15, 0.2) is 0 Å². The molecule has 6 heavy (non-hydrogen) atoms. The Kier molecular flexibility index (Phi) is 3.19. The Morgan fingerprint density at radius 2 is 2.50 bits per heavy atom. The average molecular weight is 107 g/mol. The minimum Gasteiger partial charge on any atom is -0.392 e. The Morgan fingerprint density at radius 1 is 2.00 bits per heavy atom. The molecule has 0 aliphatic carbocycles. The van der Waals surface area contributed by atoms with Gasteiger partial charge >= 0.3 is 0 Å². The molecule has 0 saturated carbocycles. The molecule has 0 saturated heterocycles. The molecule has 0 spiro atoms. The van der Waals surface area contributed by atoms with Gasteiger partial charge in [-0.3, -0.25) is 0 Å². The second-order valence-corrected chi connectivity index (χ2v) is 1.33. The lowest BCUT2D eigenvalue weighted by Crippen LogP contribution is -1.78. The summed E-state index contributed by atoms with van der Waals surface area (Å²) in [5, 5.41) is 8.18. The van der Waals surface area contributed by atoms with Crippen molar-refractivity contribution in [3.05, 3.63) is 11.1 Å². The van der Waals surface area contributed by atoms with Crippen molar-refractivity contribution in [2.45, 2.75) is 6.92 Å². The normalized spacial score (nSPS) is 12.2. The van der Waals surface area contributed by atoms with Gasteiger partial charge in [0.2, 0.25) is 0 Å². The van der Waals surface area contributed by atoms with E-state index in [2.05, 4.69) is 0 Å². The highest BCUT2D eigenvalue weighted by atomic mass is 35.5. The maximum atomic E-state index is 8.18. The minimum atomic E-state index is 0.0590. The summed E-state index contributed by atoms with van der Waals surface area (Å²) in [6, 6.07) is 0. The van der Waals surface area contributed by atoms with Crippen molar-refractivity contribution in [2.75, 3.05) is 6.61 Å². The molecule has 0 atom stereocenters. The van der Waals surface area contributed by atoms with Crippen LogP contribution in [0.4, 0.5) is 0 Å². The molecule has 0 aliphatic heterocycles. The summed E-state index contributed by atoms with van der Waals surface area (Å²) in [5.74, 6) is 0. The Bertz CT molecular complexity index is 58.6. The zero-order chi connectivity index (χ0) is 4.99. The van der Waals surface area contributed by atoms with E-state index < -0.39 is 0 Å². The van der Waals surface area contributed by atoms with Crippen LogP contribution in [-0.2, 0) is 0 Å². The van der Waals surface area contributed by atoms with Crippen LogP contribution in [0.1, 0.15) is 6.92 Å². The average Bonchev–Trinajstić information content (AvgIpc) is 1.65. The summed E-state index contributed by atoms with van der Waals surface area (Å²) in [5.41, 5.74) is 2.15. The lowest BCUT2D eigenvalue weighted by molar-refractivity contribution is 0.331. The highest BCUT2D eigenvalue weighted by Crippen LogP contribution is 1.89. The Labute approximate surface area is 42.2 Å². The Morgan fingerprint density at radius 3 is 2.50 bits per heavy atom. The van der Waals surface area contributed by atoms with Crippen molar-refractivity contribution in [3.63, 3.8) is 0 Å². The van der Waals surface area contributed by atoms with E-state index in [9.17, 15) is 0 Å². The highest BCUT2D eigenvalue weighted by Gasteiger charge is 1.76. The van der Waals surface area contributed by atoms with Crippen LogP contribution in [0.5, 0.6) is 0 Å². The van der Waals surface area contributed by atoms with Crippen LogP contribution < -0.4 is 0 Å². The van der Waals surface area contributed by atoms with Gasteiger partial charge in [0, 0.05) is 5.54 Å². The summed E-state index contributed by atoms with van der Waals surface area (Å²) in [4.78, 5) is 0. The number of hydrogen-bond acceptors (Lipinski definition) is 1. The lowest BCUT2D eigenvalue weighted by Gasteiger charge is -1.83. The molecule has 0 bridgehead atoms. The van der Waals surface area contributed by atoms with Crippen molar-refractivity contribution >= 4 is 11.6 Å². The van der Waals surface area contributed by atoms with Crippen molar-refractivity contribution < 1.29 is 5.11 Å². The van der Waals surface area contributed by atoms with Crippen molar-refractivity contribution in [3.8, 4) is 0 Å². The molecule has 0 aromatic rings. The van der Waals surface area contributed by atoms with Crippen LogP contribution in [0.3, 0.4) is 0 Å². The molecule has 1 N–H and O–H groups in total. The fourth-order valence-corrected chi connectivity index (χ4v) is 0.104. The molecule has 0 aliphatic rings. The fourth-order valence-electron chi connectivity index (χ4n) is 0.0345. The third-order valence-corrected chi connectivity index (χ3v) is 0.808. The van der Waals surface area contributed by atoms with Crippen LogP contribution in [0.2, 0.25) is 0 Å². The van der Waals surface area contributed by atoms with Crippen molar-refractivity contribution in [2.24, 2.45) is 0 Å². The van der Waals surface area contributed by atoms with Gasteiger partial charge in [0.1, 0.15) is 0 Å². The number of aliphatic hydroxyl groups excluding tert-OH is 1. The second kappa shape index (κ2) is 3.19. The van der Waals surface area contributed by atoms with Gasteiger partial charge < -0.3 is 5.11 Å². The fraction of sp³-hybridized carbons (Fsp3) is 0.500. The minimum absolute atomic E-state index is 0.0590. The van der Waals surface area contributed by atoms with Crippen LogP contribution >= 0.6 is 11.6 Å². The predicted octanol–water partition coefficient (Wildman–Crippen LogP) is 1.12. The second-order valence-electron chi connectivity index (χ2n) is 1.11. The van der Waals surface area contributed by atoms with E-state index in [4.69, 9.17) is 16.7 Å². The van der Waals surface area contributed by atoms with Gasteiger partial charge in [-0.05, 0) is 12.5 Å². The maximum absolute atomic E-state index is 8.18. The van der Waals surface area contributed by atoms with E-state index in [-0.39, 0.29) is 6.61 Å². The molecule has 0 heterocycles. The molecule has 36 valence electrons. The molecule has 2 heteroatoms. The SMILES string of the molecule is C/C(=C/Cl)CO. The maximum Gasteiger partial charge on any atom is 0.0650 e. The molecule has 0 unspecified atom stereocenters. The molecule has 0 aromatic carbocycles. The zero-order valence-corrected chi connectivity index (χ0v) is 4.37. The number of hydrogen-bond donors (Lipinski definition) is 1. The lowest BCUT2D eigenvalue weighted by atomic mass is 10.4. The first-order valence-corrected chi connectivity index (χ1v) is 2.11. The standard InChI is InChI=1S/C4H7ClO/c1-4(2-5)3-6/h2,6H,3H2,1H3/b4-2-. The van der Waals surface area contributed by atoms with E-state index in [1.54, 1.807) is 6.92 Å². The Hall–Kier alpha value is -0.0100. The third-order valence-electron chi connectivity index (χ3n) is 0.436. The van der Waals surface area contributed by atoms with Gasteiger partial charge in [0.25, 0.3) is 0 Å². The topological polar surface area (TPSA) is 20.2 Å². The van der Waals surface area contributed by atoms with Crippen molar-refractivity contribution in [1.29, 1.82) is 0 Å². The first kappa shape index (κ1) is 5.99. The smallest absolute Gasteiger partial charge is 0.0650 e. The van der Waals surface area contributed by atoms with Crippen LogP contribution in [0, 0.1) is 0 Å². The first-order valence-electron chi connectivity index (χ1n) is 1.68. The zero-order valence-electron chi connectivity index (χ0n) is 3.61. The largest absolute Gasteiger partial charge is 0.392 e. The molecular weight excluding hydrogens is 99.5 g/mol. The molecular formula is C4H7ClO. The van der Waals surface area contributed by atoms with Gasteiger partial charge in [0.05, 0.1) is 6.61 Å². The first-order chi connectivity index (χ1) is 2.81. The molecule has 1 nitrogen and oxygen atoms in total. The summed E-state index contributed by atoms with van der Waals surface area (Å²) in [7, 11) is 0. The summed E-state index contributed by atoms with van der Waals surface area (Å²) >= 11 is 5.13. The van der Waals surface area contributed by atoms with E-state index in [0.29, 0.717) is 0 Å². The van der Waals surface area contributed by atoms with E-state index in [1.807, 2.05) is 0 Å². The van der Waals surface area contributed by atoms with Gasteiger partial charge in [-0.2, -0.15) is 0 Å². The number of halogens is 1.